The molecule has 2 unspecified atom stereocenters. The third-order valence-electron chi connectivity index (χ3n) is 2.79. The van der Waals surface area contributed by atoms with Crippen molar-refractivity contribution in [1.29, 1.82) is 0 Å². The van der Waals surface area contributed by atoms with Crippen LogP contribution in [0.5, 0.6) is 0 Å². The van der Waals surface area contributed by atoms with Gasteiger partial charge in [-0.25, -0.2) is 0 Å². The molecule has 1 N–H and O–H groups in total. The summed E-state index contributed by atoms with van der Waals surface area (Å²) in [5.74, 6) is 0.767. The van der Waals surface area contributed by atoms with Gasteiger partial charge in [0.05, 0.1) is 3.79 Å². The first-order valence-electron chi connectivity index (χ1n) is 5.76. The predicted octanol–water partition coefficient (Wildman–Crippen LogP) is 5.36. The van der Waals surface area contributed by atoms with Gasteiger partial charge in [0.15, 0.2) is 0 Å². The van der Waals surface area contributed by atoms with Gasteiger partial charge in [-0.15, -0.1) is 11.3 Å². The lowest BCUT2D eigenvalue weighted by molar-refractivity contribution is 0.412. The second kappa shape index (κ2) is 7.14. The van der Waals surface area contributed by atoms with E-state index in [0.29, 0.717) is 6.04 Å². The summed E-state index contributed by atoms with van der Waals surface area (Å²) in [4.78, 5) is 1.42. The van der Waals surface area contributed by atoms with E-state index in [1.165, 1.54) is 26.0 Å². The van der Waals surface area contributed by atoms with Gasteiger partial charge in [0, 0.05) is 15.4 Å². The van der Waals surface area contributed by atoms with E-state index in [1.807, 2.05) is 11.3 Å². The molecule has 0 saturated heterocycles. The third-order valence-corrected chi connectivity index (χ3v) is 6.16. The van der Waals surface area contributed by atoms with Gasteiger partial charge in [-0.1, -0.05) is 27.2 Å². The second-order valence-corrected chi connectivity index (χ2v) is 7.39. The lowest BCUT2D eigenvalue weighted by Gasteiger charge is -2.19. The van der Waals surface area contributed by atoms with Crippen LogP contribution in [0.15, 0.2) is 14.3 Å². The molecule has 1 heterocycles. The summed E-state index contributed by atoms with van der Waals surface area (Å²) >= 11 is 8.94. The molecule has 0 bridgehead atoms. The molecule has 4 heteroatoms. The van der Waals surface area contributed by atoms with Gasteiger partial charge in [-0.3, -0.25) is 0 Å². The van der Waals surface area contributed by atoms with Crippen LogP contribution in [0.3, 0.4) is 0 Å². The molecule has 0 spiro atoms. The minimum atomic E-state index is 0.493. The lowest BCUT2D eigenvalue weighted by atomic mass is 9.98. The van der Waals surface area contributed by atoms with Crippen molar-refractivity contribution in [3.63, 3.8) is 0 Å². The third kappa shape index (κ3) is 4.13. The van der Waals surface area contributed by atoms with Gasteiger partial charge in [0.25, 0.3) is 0 Å². The van der Waals surface area contributed by atoms with E-state index in [2.05, 4.69) is 64.0 Å². The predicted molar refractivity (Wildman–Crippen MR) is 80.2 cm³/mol. The Hall–Kier alpha value is 0.620. The largest absolute Gasteiger partial charge is 0.310 e. The van der Waals surface area contributed by atoms with E-state index in [-0.39, 0.29) is 0 Å². The van der Waals surface area contributed by atoms with Crippen molar-refractivity contribution in [1.82, 2.24) is 5.32 Å². The van der Waals surface area contributed by atoms with Crippen molar-refractivity contribution in [3.8, 4) is 0 Å². The molecule has 0 fully saturated rings. The minimum absolute atomic E-state index is 0.493. The Labute approximate surface area is 119 Å². The van der Waals surface area contributed by atoms with Gasteiger partial charge >= 0.3 is 0 Å². The Morgan fingerprint density at radius 3 is 2.50 bits per heavy atom. The smallest absolute Gasteiger partial charge is 0.0843 e. The fourth-order valence-electron chi connectivity index (χ4n) is 1.65. The molecule has 0 aliphatic heterocycles. The van der Waals surface area contributed by atoms with E-state index in [0.717, 1.165) is 12.5 Å². The standard InChI is InChI=1S/C12H19Br2NS/c1-4-8(3)6-10(15-5-2)11-7-9(13)12(14)16-11/h7-8,10,15H,4-6H2,1-3H3. The van der Waals surface area contributed by atoms with Crippen molar-refractivity contribution < 1.29 is 0 Å². The van der Waals surface area contributed by atoms with Crippen LogP contribution in [0.4, 0.5) is 0 Å². The highest BCUT2D eigenvalue weighted by Gasteiger charge is 2.17. The average molecular weight is 369 g/mol. The molecular formula is C12H19Br2NS. The summed E-state index contributed by atoms with van der Waals surface area (Å²) in [6.07, 6.45) is 2.46. The summed E-state index contributed by atoms with van der Waals surface area (Å²) in [5, 5.41) is 3.57. The van der Waals surface area contributed by atoms with E-state index in [9.17, 15) is 0 Å². The van der Waals surface area contributed by atoms with Crippen molar-refractivity contribution in [2.24, 2.45) is 5.92 Å². The van der Waals surface area contributed by atoms with E-state index in [1.54, 1.807) is 0 Å². The molecule has 0 radical (unpaired) electrons. The van der Waals surface area contributed by atoms with Crippen molar-refractivity contribution in [3.05, 3.63) is 19.2 Å². The summed E-state index contributed by atoms with van der Waals surface area (Å²) < 4.78 is 2.36. The Balaban J connectivity index is 2.76. The molecule has 1 rings (SSSR count). The van der Waals surface area contributed by atoms with Crippen molar-refractivity contribution in [2.45, 2.75) is 39.7 Å². The average Bonchev–Trinajstić information content (AvgIpc) is 2.58. The summed E-state index contributed by atoms with van der Waals surface area (Å²) in [7, 11) is 0. The fraction of sp³-hybridized carbons (Fsp3) is 0.667. The molecule has 1 aromatic heterocycles. The summed E-state index contributed by atoms with van der Waals surface area (Å²) in [6.45, 7) is 7.77. The Kier molecular flexibility index (Phi) is 6.55. The van der Waals surface area contributed by atoms with Crippen molar-refractivity contribution in [2.75, 3.05) is 6.54 Å². The number of thiophene rings is 1. The van der Waals surface area contributed by atoms with Crippen LogP contribution < -0.4 is 5.32 Å². The zero-order chi connectivity index (χ0) is 12.1. The number of halogens is 2. The van der Waals surface area contributed by atoms with Crippen LogP contribution in [-0.2, 0) is 0 Å². The first-order chi connectivity index (χ1) is 7.58. The molecule has 0 amide bonds. The molecular weight excluding hydrogens is 350 g/mol. The molecule has 2 atom stereocenters. The Morgan fingerprint density at radius 2 is 2.06 bits per heavy atom. The monoisotopic (exact) mass is 367 g/mol. The number of nitrogens with one attached hydrogen (secondary N) is 1. The van der Waals surface area contributed by atoms with Crippen molar-refractivity contribution >= 4 is 43.2 Å². The van der Waals surface area contributed by atoms with Crippen LogP contribution >= 0.6 is 43.2 Å². The Bertz CT molecular complexity index is 305. The number of hydrogen-bond donors (Lipinski definition) is 1. The van der Waals surface area contributed by atoms with Gasteiger partial charge in [0.2, 0.25) is 0 Å². The molecule has 16 heavy (non-hydrogen) atoms. The van der Waals surface area contributed by atoms with Crippen LogP contribution in [0.25, 0.3) is 0 Å². The summed E-state index contributed by atoms with van der Waals surface area (Å²) in [5.41, 5.74) is 0. The molecule has 0 aliphatic carbocycles. The number of hydrogen-bond acceptors (Lipinski definition) is 2. The van der Waals surface area contributed by atoms with Gasteiger partial charge in [0.1, 0.15) is 0 Å². The van der Waals surface area contributed by atoms with E-state index in [4.69, 9.17) is 0 Å². The zero-order valence-corrected chi connectivity index (χ0v) is 14.0. The number of rotatable bonds is 6. The van der Waals surface area contributed by atoms with Gasteiger partial charge < -0.3 is 5.32 Å². The molecule has 1 nitrogen and oxygen atoms in total. The van der Waals surface area contributed by atoms with Gasteiger partial charge in [-0.05, 0) is 56.8 Å². The first kappa shape index (κ1) is 14.7. The normalized spacial score (nSPS) is 15.1. The maximum atomic E-state index is 3.57. The highest BCUT2D eigenvalue weighted by molar-refractivity contribution is 9.13. The zero-order valence-electron chi connectivity index (χ0n) is 10.0. The SMILES string of the molecule is CCNC(CC(C)CC)c1cc(Br)c(Br)s1. The molecule has 0 saturated carbocycles. The highest BCUT2D eigenvalue weighted by Crippen LogP contribution is 2.37. The van der Waals surface area contributed by atoms with Crippen LogP contribution in [-0.4, -0.2) is 6.54 Å². The molecule has 0 aromatic carbocycles. The molecule has 92 valence electrons. The molecule has 1 aromatic rings. The van der Waals surface area contributed by atoms with E-state index >= 15 is 0 Å². The van der Waals surface area contributed by atoms with Crippen LogP contribution in [0.1, 0.15) is 44.5 Å². The van der Waals surface area contributed by atoms with E-state index < -0.39 is 0 Å². The van der Waals surface area contributed by atoms with Crippen LogP contribution in [0, 0.1) is 5.92 Å². The van der Waals surface area contributed by atoms with Crippen LogP contribution in [0.2, 0.25) is 0 Å². The maximum absolute atomic E-state index is 3.57. The van der Waals surface area contributed by atoms with Gasteiger partial charge in [-0.2, -0.15) is 0 Å². The quantitative estimate of drug-likeness (QED) is 0.712. The topological polar surface area (TPSA) is 12.0 Å². The molecule has 0 aliphatic rings. The second-order valence-electron chi connectivity index (χ2n) is 4.13. The maximum Gasteiger partial charge on any atom is 0.0843 e. The first-order valence-corrected chi connectivity index (χ1v) is 8.16. The minimum Gasteiger partial charge on any atom is -0.310 e. The highest BCUT2D eigenvalue weighted by atomic mass is 79.9. The summed E-state index contributed by atoms with van der Waals surface area (Å²) in [6, 6.07) is 2.72. The Morgan fingerprint density at radius 1 is 1.38 bits per heavy atom. The lowest BCUT2D eigenvalue weighted by Crippen LogP contribution is -2.21. The fourth-order valence-corrected chi connectivity index (χ4v) is 3.83.